The van der Waals surface area contributed by atoms with E-state index in [1.807, 2.05) is 24.0 Å². The molecule has 150 valence electrons. The van der Waals surface area contributed by atoms with Gasteiger partial charge in [0.25, 0.3) is 0 Å². The van der Waals surface area contributed by atoms with Gasteiger partial charge in [0.15, 0.2) is 28.6 Å². The van der Waals surface area contributed by atoms with Crippen molar-refractivity contribution in [3.05, 3.63) is 42.2 Å². The van der Waals surface area contributed by atoms with Crippen LogP contribution >= 0.6 is 0 Å². The molecule has 0 N–H and O–H groups in total. The van der Waals surface area contributed by atoms with Gasteiger partial charge in [0.2, 0.25) is 0 Å². The second kappa shape index (κ2) is 6.29. The van der Waals surface area contributed by atoms with E-state index in [-0.39, 0.29) is 5.65 Å². The molecule has 1 aliphatic heterocycles. The Balaban J connectivity index is 1.38. The molecule has 0 radical (unpaired) electrons. The monoisotopic (exact) mass is 403 g/mol. The van der Waals surface area contributed by atoms with Crippen LogP contribution in [0.2, 0.25) is 0 Å². The van der Waals surface area contributed by atoms with Gasteiger partial charge in [-0.15, -0.1) is 15.3 Å². The third-order valence-corrected chi connectivity index (χ3v) is 4.95. The Morgan fingerprint density at radius 1 is 1.00 bits per heavy atom. The van der Waals surface area contributed by atoms with Crippen LogP contribution in [-0.2, 0) is 6.18 Å². The van der Waals surface area contributed by atoms with Crippen molar-refractivity contribution in [1.29, 1.82) is 0 Å². The van der Waals surface area contributed by atoms with E-state index in [0.29, 0.717) is 43.5 Å². The predicted molar refractivity (Wildman–Crippen MR) is 97.9 cm³/mol. The Kier molecular flexibility index (Phi) is 3.83. The summed E-state index contributed by atoms with van der Waals surface area (Å²) in [4.78, 5) is 12.1. The van der Waals surface area contributed by atoms with Crippen LogP contribution < -0.4 is 9.80 Å². The van der Waals surface area contributed by atoms with Crippen LogP contribution in [0.4, 0.5) is 24.8 Å². The minimum atomic E-state index is -4.49. The predicted octanol–water partition coefficient (Wildman–Crippen LogP) is 1.82. The third-order valence-electron chi connectivity index (χ3n) is 4.95. The van der Waals surface area contributed by atoms with Crippen LogP contribution in [0, 0.1) is 6.92 Å². The summed E-state index contributed by atoms with van der Waals surface area (Å²) in [5.74, 6) is 1.95. The molecule has 1 saturated heterocycles. The van der Waals surface area contributed by atoms with Gasteiger partial charge >= 0.3 is 6.18 Å². The molecule has 9 nitrogen and oxygen atoms in total. The van der Waals surface area contributed by atoms with Gasteiger partial charge in [0, 0.05) is 44.8 Å². The van der Waals surface area contributed by atoms with Crippen molar-refractivity contribution >= 4 is 22.9 Å². The number of rotatable bonds is 2. The average molecular weight is 403 g/mol. The van der Waals surface area contributed by atoms with E-state index in [0.717, 1.165) is 12.0 Å². The smallest absolute Gasteiger partial charge is 0.352 e. The van der Waals surface area contributed by atoms with Gasteiger partial charge in [0.05, 0.1) is 0 Å². The maximum atomic E-state index is 13.0. The number of aromatic nitrogens is 7. The highest BCUT2D eigenvalue weighted by atomic mass is 19.4. The van der Waals surface area contributed by atoms with Crippen LogP contribution in [-0.4, -0.2) is 60.4 Å². The second-order valence-electron chi connectivity index (χ2n) is 6.79. The first-order valence-electron chi connectivity index (χ1n) is 9.00. The zero-order valence-electron chi connectivity index (χ0n) is 15.4. The number of nitrogens with zero attached hydrogens (tertiary/aromatic N) is 9. The molecule has 0 atom stereocenters. The average Bonchev–Trinajstić information content (AvgIpc) is 3.32. The van der Waals surface area contributed by atoms with E-state index in [2.05, 4.69) is 30.2 Å². The topological polar surface area (TPSA) is 79.8 Å². The SMILES string of the molecule is Cc1nnc2ccc(N3CCN(c4nccn5cc(C(F)(F)F)nc45)CC3)nn12. The molecular weight excluding hydrogens is 387 g/mol. The molecule has 0 spiro atoms. The second-order valence-corrected chi connectivity index (χ2v) is 6.79. The molecule has 29 heavy (non-hydrogen) atoms. The fourth-order valence-electron chi connectivity index (χ4n) is 3.47. The van der Waals surface area contributed by atoms with E-state index in [9.17, 15) is 13.2 Å². The maximum Gasteiger partial charge on any atom is 0.434 e. The van der Waals surface area contributed by atoms with Gasteiger partial charge < -0.3 is 14.2 Å². The van der Waals surface area contributed by atoms with Gasteiger partial charge in [-0.05, 0) is 19.1 Å². The van der Waals surface area contributed by atoms with Gasteiger partial charge in [-0.1, -0.05) is 0 Å². The molecule has 0 unspecified atom stereocenters. The number of hydrogen-bond donors (Lipinski definition) is 0. The van der Waals surface area contributed by atoms with Crippen molar-refractivity contribution in [2.45, 2.75) is 13.1 Å². The highest BCUT2D eigenvalue weighted by Gasteiger charge is 2.34. The van der Waals surface area contributed by atoms with E-state index in [1.165, 1.54) is 16.8 Å². The first-order valence-corrected chi connectivity index (χ1v) is 9.00. The molecule has 5 heterocycles. The molecule has 5 rings (SSSR count). The van der Waals surface area contributed by atoms with E-state index in [1.54, 1.807) is 4.52 Å². The van der Waals surface area contributed by atoms with Crippen molar-refractivity contribution in [3.63, 3.8) is 0 Å². The Morgan fingerprint density at radius 2 is 1.76 bits per heavy atom. The lowest BCUT2D eigenvalue weighted by Gasteiger charge is -2.35. The molecule has 0 aromatic carbocycles. The highest BCUT2D eigenvalue weighted by molar-refractivity contribution is 5.65. The van der Waals surface area contributed by atoms with Gasteiger partial charge in [-0.3, -0.25) is 0 Å². The molecule has 0 saturated carbocycles. The Hall–Kier alpha value is -3.44. The van der Waals surface area contributed by atoms with Crippen LogP contribution in [0.5, 0.6) is 0 Å². The molecule has 1 fully saturated rings. The van der Waals surface area contributed by atoms with Crippen molar-refractivity contribution in [2.75, 3.05) is 36.0 Å². The molecule has 0 bridgehead atoms. The van der Waals surface area contributed by atoms with Crippen molar-refractivity contribution in [2.24, 2.45) is 0 Å². The van der Waals surface area contributed by atoms with Crippen LogP contribution in [0.25, 0.3) is 11.3 Å². The molecule has 1 aliphatic rings. The van der Waals surface area contributed by atoms with Crippen molar-refractivity contribution in [1.82, 2.24) is 34.2 Å². The van der Waals surface area contributed by atoms with Crippen LogP contribution in [0.1, 0.15) is 11.5 Å². The van der Waals surface area contributed by atoms with Gasteiger partial charge in [-0.25, -0.2) is 9.97 Å². The Morgan fingerprint density at radius 3 is 2.52 bits per heavy atom. The summed E-state index contributed by atoms with van der Waals surface area (Å²) in [6.07, 6.45) is -0.553. The van der Waals surface area contributed by atoms with Crippen molar-refractivity contribution in [3.8, 4) is 0 Å². The summed E-state index contributed by atoms with van der Waals surface area (Å²) in [5, 5.41) is 12.6. The largest absolute Gasteiger partial charge is 0.434 e. The number of imidazole rings is 1. The fraction of sp³-hybridized carbons (Fsp3) is 0.353. The van der Waals surface area contributed by atoms with Crippen LogP contribution in [0.3, 0.4) is 0 Å². The number of alkyl halides is 3. The van der Waals surface area contributed by atoms with E-state index in [4.69, 9.17) is 0 Å². The fourth-order valence-corrected chi connectivity index (χ4v) is 3.47. The minimum absolute atomic E-state index is 0.202. The molecule has 0 aliphatic carbocycles. The zero-order chi connectivity index (χ0) is 20.2. The summed E-state index contributed by atoms with van der Waals surface area (Å²) in [6.45, 7) is 4.30. The first-order chi connectivity index (χ1) is 13.9. The number of piperazine rings is 1. The summed E-state index contributed by atoms with van der Waals surface area (Å²) >= 11 is 0. The maximum absolute atomic E-state index is 13.0. The van der Waals surface area contributed by atoms with Gasteiger partial charge in [0.1, 0.15) is 5.82 Å². The summed E-state index contributed by atoms with van der Waals surface area (Å²) in [5.41, 5.74) is -0.0410. The third kappa shape index (κ3) is 3.00. The lowest BCUT2D eigenvalue weighted by molar-refractivity contribution is -0.140. The quantitative estimate of drug-likeness (QED) is 0.505. The molecule has 12 heteroatoms. The first kappa shape index (κ1) is 17.6. The number of halogens is 3. The number of aryl methyl sites for hydroxylation is 1. The normalized spacial score (nSPS) is 15.6. The number of hydrogen-bond acceptors (Lipinski definition) is 7. The molecule has 4 aromatic heterocycles. The summed E-state index contributed by atoms with van der Waals surface area (Å²) < 4.78 is 42.1. The molecule has 0 amide bonds. The lowest BCUT2D eigenvalue weighted by atomic mass is 10.3. The molecule has 4 aromatic rings. The van der Waals surface area contributed by atoms with Crippen molar-refractivity contribution < 1.29 is 13.2 Å². The Bertz CT molecular complexity index is 1190. The number of anilines is 2. The minimum Gasteiger partial charge on any atom is -0.352 e. The zero-order valence-corrected chi connectivity index (χ0v) is 15.4. The Labute approximate surface area is 162 Å². The molecular formula is C17H16F3N9. The summed E-state index contributed by atoms with van der Waals surface area (Å²) in [6, 6.07) is 3.75. The highest BCUT2D eigenvalue weighted by Crippen LogP contribution is 2.30. The number of fused-ring (bicyclic) bond motifs is 2. The van der Waals surface area contributed by atoms with E-state index >= 15 is 0 Å². The van der Waals surface area contributed by atoms with E-state index < -0.39 is 11.9 Å². The lowest BCUT2D eigenvalue weighted by Crippen LogP contribution is -2.47. The van der Waals surface area contributed by atoms with Gasteiger partial charge in [-0.2, -0.15) is 17.7 Å². The van der Waals surface area contributed by atoms with Crippen LogP contribution in [0.15, 0.2) is 30.7 Å². The summed E-state index contributed by atoms with van der Waals surface area (Å²) in [7, 11) is 0. The standard InChI is InChI=1S/C17H16F3N9/c1-11-23-24-13-2-3-14(25-29(11)13)26-6-8-27(9-7-26)15-16-22-12(17(18,19)20)10-28(16)5-4-21-15/h2-5,10H,6-9H2,1H3.